The molecule has 7 heteroatoms. The van der Waals surface area contributed by atoms with Gasteiger partial charge >= 0.3 is 7.12 Å². The number of aliphatic hydroxyl groups is 1. The Balaban J connectivity index is 2.22. The molecule has 0 spiro atoms. The van der Waals surface area contributed by atoms with E-state index in [4.69, 9.17) is 9.31 Å². The molecule has 0 bridgehead atoms. The molecule has 1 saturated heterocycles. The van der Waals surface area contributed by atoms with Crippen LogP contribution in [0.15, 0.2) is 23.0 Å². The normalized spacial score (nSPS) is 20.9. The van der Waals surface area contributed by atoms with E-state index in [0.29, 0.717) is 10.6 Å². The number of rotatable bonds is 4. The summed E-state index contributed by atoms with van der Waals surface area (Å²) in [6.07, 6.45) is 7.18. The third-order valence-corrected chi connectivity index (χ3v) is 4.50. The molecule has 21 heavy (non-hydrogen) atoms. The minimum atomic E-state index is -0.555. The quantitative estimate of drug-likeness (QED) is 0.523. The van der Waals surface area contributed by atoms with Crippen molar-refractivity contribution in [2.75, 3.05) is 12.9 Å². The molecule has 0 amide bonds. The summed E-state index contributed by atoms with van der Waals surface area (Å²) in [6.45, 7) is 7.80. The van der Waals surface area contributed by atoms with Crippen LogP contribution < -0.4 is 0 Å². The summed E-state index contributed by atoms with van der Waals surface area (Å²) in [5.74, 6) is 0. The van der Waals surface area contributed by atoms with Crippen molar-refractivity contribution in [2.24, 2.45) is 0 Å². The van der Waals surface area contributed by atoms with Gasteiger partial charge in [-0.1, -0.05) is 17.8 Å². The van der Waals surface area contributed by atoms with Gasteiger partial charge in [0, 0.05) is 18.0 Å². The average molecular weight is 308 g/mol. The second-order valence-corrected chi connectivity index (χ2v) is 6.74. The highest BCUT2D eigenvalue weighted by Gasteiger charge is 2.52. The molecule has 0 radical (unpaired) electrons. The summed E-state index contributed by atoms with van der Waals surface area (Å²) in [4.78, 5) is 8.42. The molecule has 0 unspecified atom stereocenters. The van der Waals surface area contributed by atoms with E-state index in [1.54, 1.807) is 12.4 Å². The molecule has 1 aromatic heterocycles. The fourth-order valence-electron chi connectivity index (χ4n) is 1.90. The summed E-state index contributed by atoms with van der Waals surface area (Å²) < 4.78 is 11.9. The monoisotopic (exact) mass is 308 g/mol. The lowest BCUT2D eigenvalue weighted by Crippen LogP contribution is -2.41. The molecule has 0 atom stereocenters. The maximum absolute atomic E-state index is 9.62. The Morgan fingerprint density at radius 2 is 1.76 bits per heavy atom. The Kier molecular flexibility index (Phi) is 4.77. The van der Waals surface area contributed by atoms with Gasteiger partial charge in [-0.3, -0.25) is 0 Å². The third kappa shape index (κ3) is 3.48. The minimum Gasteiger partial charge on any atom is -0.400 e. The van der Waals surface area contributed by atoms with Crippen molar-refractivity contribution in [1.82, 2.24) is 9.97 Å². The maximum Gasteiger partial charge on any atom is 0.492 e. The highest BCUT2D eigenvalue weighted by Crippen LogP contribution is 2.38. The standard InChI is InChI=1S/C14H21BN2O3S/c1-13(2)14(3,4)20-15(19-13)11(9-18)6-10-7-16-12(21-5)17-8-10/h6-8,18H,9H2,1-5H3. The lowest BCUT2D eigenvalue weighted by atomic mass is 9.78. The lowest BCUT2D eigenvalue weighted by Gasteiger charge is -2.32. The van der Waals surface area contributed by atoms with E-state index < -0.39 is 18.3 Å². The van der Waals surface area contributed by atoms with E-state index in [0.717, 1.165) is 5.56 Å². The van der Waals surface area contributed by atoms with Crippen LogP contribution in [0.1, 0.15) is 33.3 Å². The largest absolute Gasteiger partial charge is 0.492 e. The molecule has 2 heterocycles. The lowest BCUT2D eigenvalue weighted by molar-refractivity contribution is 0.00578. The van der Waals surface area contributed by atoms with Crippen LogP contribution in [0, 0.1) is 0 Å². The highest BCUT2D eigenvalue weighted by atomic mass is 32.2. The Morgan fingerprint density at radius 3 is 2.19 bits per heavy atom. The van der Waals surface area contributed by atoms with E-state index in [1.807, 2.05) is 40.0 Å². The molecule has 1 aliphatic heterocycles. The van der Waals surface area contributed by atoms with Crippen molar-refractivity contribution < 1.29 is 14.4 Å². The predicted molar refractivity (Wildman–Crippen MR) is 85.0 cm³/mol. The molecule has 5 nitrogen and oxygen atoms in total. The van der Waals surface area contributed by atoms with Crippen molar-refractivity contribution in [3.63, 3.8) is 0 Å². The molecule has 0 saturated carbocycles. The van der Waals surface area contributed by atoms with Crippen LogP contribution in [0.5, 0.6) is 0 Å². The van der Waals surface area contributed by atoms with Gasteiger partial charge in [-0.05, 0) is 39.4 Å². The van der Waals surface area contributed by atoms with Crippen molar-refractivity contribution in [3.8, 4) is 0 Å². The van der Waals surface area contributed by atoms with Crippen LogP contribution in [0.3, 0.4) is 0 Å². The van der Waals surface area contributed by atoms with E-state index in [1.165, 1.54) is 11.8 Å². The van der Waals surface area contributed by atoms with Gasteiger partial charge < -0.3 is 14.4 Å². The Morgan fingerprint density at radius 1 is 1.24 bits per heavy atom. The number of hydrogen-bond donors (Lipinski definition) is 1. The second kappa shape index (κ2) is 6.08. The maximum atomic E-state index is 9.62. The number of nitrogens with zero attached hydrogens (tertiary/aromatic N) is 2. The molecular formula is C14H21BN2O3S. The first kappa shape index (κ1) is 16.5. The van der Waals surface area contributed by atoms with Gasteiger partial charge in [0.2, 0.25) is 0 Å². The van der Waals surface area contributed by atoms with Gasteiger partial charge in [-0.2, -0.15) is 0 Å². The van der Waals surface area contributed by atoms with Gasteiger partial charge in [0.25, 0.3) is 0 Å². The van der Waals surface area contributed by atoms with E-state index in [-0.39, 0.29) is 6.61 Å². The molecule has 0 aliphatic carbocycles. The number of hydrogen-bond acceptors (Lipinski definition) is 6. The van der Waals surface area contributed by atoms with Crippen LogP contribution in [-0.4, -0.2) is 46.3 Å². The zero-order valence-corrected chi connectivity index (χ0v) is 13.9. The van der Waals surface area contributed by atoms with Gasteiger partial charge in [0.15, 0.2) is 5.16 Å². The molecular weight excluding hydrogens is 287 g/mol. The van der Waals surface area contributed by atoms with E-state index in [2.05, 4.69) is 9.97 Å². The molecule has 1 aliphatic rings. The summed E-state index contributed by atoms with van der Waals surface area (Å²) in [7, 11) is -0.555. The Hall–Kier alpha value is -0.885. The highest BCUT2D eigenvalue weighted by molar-refractivity contribution is 7.98. The number of aromatic nitrogens is 2. The van der Waals surface area contributed by atoms with Crippen LogP contribution in [-0.2, 0) is 9.31 Å². The molecule has 2 rings (SSSR count). The third-order valence-electron chi connectivity index (χ3n) is 3.92. The van der Waals surface area contributed by atoms with Crippen LogP contribution in [0.4, 0.5) is 0 Å². The summed E-state index contributed by atoms with van der Waals surface area (Å²) in [5.41, 5.74) is 0.622. The summed E-state index contributed by atoms with van der Waals surface area (Å²) >= 11 is 1.49. The SMILES string of the molecule is CSc1ncc(C=C(CO)B2OC(C)(C)C(C)(C)O2)cn1. The first-order valence-electron chi connectivity index (χ1n) is 6.82. The van der Waals surface area contributed by atoms with Crippen LogP contribution in [0.2, 0.25) is 0 Å². The number of aliphatic hydroxyl groups excluding tert-OH is 1. The first-order chi connectivity index (χ1) is 9.79. The van der Waals surface area contributed by atoms with Crippen molar-refractivity contribution >= 4 is 25.0 Å². The zero-order valence-electron chi connectivity index (χ0n) is 13.1. The minimum absolute atomic E-state index is 0.138. The van der Waals surface area contributed by atoms with E-state index >= 15 is 0 Å². The van der Waals surface area contributed by atoms with Gasteiger partial charge in [0.1, 0.15) is 0 Å². The molecule has 114 valence electrons. The smallest absolute Gasteiger partial charge is 0.400 e. The van der Waals surface area contributed by atoms with Crippen LogP contribution in [0.25, 0.3) is 6.08 Å². The second-order valence-electron chi connectivity index (χ2n) is 5.97. The summed E-state index contributed by atoms with van der Waals surface area (Å²) in [6, 6.07) is 0. The van der Waals surface area contributed by atoms with Crippen LogP contribution >= 0.6 is 11.8 Å². The molecule has 1 aromatic rings. The Labute approximate surface area is 130 Å². The number of thioether (sulfide) groups is 1. The zero-order chi connectivity index (χ0) is 15.7. The molecule has 0 aromatic carbocycles. The topological polar surface area (TPSA) is 64.5 Å². The first-order valence-corrected chi connectivity index (χ1v) is 8.04. The molecule has 1 fully saturated rings. The van der Waals surface area contributed by atoms with Crippen molar-refractivity contribution in [3.05, 3.63) is 23.4 Å². The molecule has 1 N–H and O–H groups in total. The van der Waals surface area contributed by atoms with Gasteiger partial charge in [0.05, 0.1) is 17.8 Å². The van der Waals surface area contributed by atoms with Gasteiger partial charge in [-0.25, -0.2) is 9.97 Å². The fourth-order valence-corrected chi connectivity index (χ4v) is 2.22. The summed E-state index contributed by atoms with van der Waals surface area (Å²) in [5, 5.41) is 10.3. The van der Waals surface area contributed by atoms with Crippen molar-refractivity contribution in [2.45, 2.75) is 44.1 Å². The van der Waals surface area contributed by atoms with E-state index in [9.17, 15) is 5.11 Å². The van der Waals surface area contributed by atoms with Crippen molar-refractivity contribution in [1.29, 1.82) is 0 Å². The average Bonchev–Trinajstić information content (AvgIpc) is 2.65. The Bertz CT molecular complexity index is 516. The van der Waals surface area contributed by atoms with Gasteiger partial charge in [-0.15, -0.1) is 0 Å². The predicted octanol–water partition coefficient (Wildman–Crippen LogP) is 2.21. The fraction of sp³-hybridized carbons (Fsp3) is 0.571.